The van der Waals surface area contributed by atoms with Crippen molar-refractivity contribution >= 4 is 12.4 Å². The summed E-state index contributed by atoms with van der Waals surface area (Å²) < 4.78 is 5.89. The van der Waals surface area contributed by atoms with Gasteiger partial charge in [0.15, 0.2) is 6.23 Å². The zero-order valence-corrected chi connectivity index (χ0v) is 41.3. The Hall–Kier alpha value is -1.14. The Morgan fingerprint density at radius 1 is 0.383 bits per heavy atom. The summed E-state index contributed by atoms with van der Waals surface area (Å²) in [5.74, 6) is -0.662. The highest BCUT2D eigenvalue weighted by Gasteiger charge is 2.27. The number of carbonyl (C=O) groups is 2. The summed E-state index contributed by atoms with van der Waals surface area (Å²) in [6, 6.07) is -0.441. The molecule has 0 aliphatic carbocycles. The molecule has 2 unspecified atom stereocenters. The highest BCUT2D eigenvalue weighted by molar-refractivity contribution is 5.73. The normalized spacial score (nSPS) is 12.8. The van der Waals surface area contributed by atoms with Crippen molar-refractivity contribution in [2.45, 2.75) is 310 Å². The Morgan fingerprint density at radius 2 is 0.650 bits per heavy atom. The van der Waals surface area contributed by atoms with Crippen LogP contribution < -0.4 is 0 Å². The van der Waals surface area contributed by atoms with Crippen LogP contribution in [0.5, 0.6) is 0 Å². The van der Waals surface area contributed by atoms with E-state index >= 15 is 0 Å². The number of nitrogens with zero attached hydrogens (tertiary/aromatic N) is 2. The molecule has 6 nitrogen and oxygen atoms in total. The second kappa shape index (κ2) is 48.9. The van der Waals surface area contributed by atoms with Crippen molar-refractivity contribution in [2.75, 3.05) is 26.2 Å². The summed E-state index contributed by atoms with van der Waals surface area (Å²) in [5, 5.41) is 10.6. The van der Waals surface area contributed by atoms with Crippen LogP contribution in [-0.4, -0.2) is 65.8 Å². The Labute approximate surface area is 376 Å². The number of rotatable bonds is 52. The largest absolute Gasteiger partial charge is 0.480 e. The second-order valence-corrected chi connectivity index (χ2v) is 18.9. The van der Waals surface area contributed by atoms with Gasteiger partial charge in [0.05, 0.1) is 0 Å². The molecule has 0 radical (unpaired) electrons. The van der Waals surface area contributed by atoms with Crippen LogP contribution in [0.3, 0.4) is 0 Å². The maximum absolute atomic E-state index is 13.0. The first-order chi connectivity index (χ1) is 29.5. The van der Waals surface area contributed by atoms with Gasteiger partial charge in [0, 0.05) is 19.6 Å². The number of carbonyl (C=O) groups excluding carboxylic acids is 1. The number of hydrogen-bond donors (Lipinski definition) is 1. The number of carboxylic acid groups (broad SMARTS) is 1. The number of ether oxygens (including phenoxy) is 1. The highest BCUT2D eigenvalue weighted by atomic mass is 16.5. The predicted molar refractivity (Wildman–Crippen MR) is 262 cm³/mol. The van der Waals surface area contributed by atoms with Gasteiger partial charge >= 0.3 is 5.97 Å². The minimum Gasteiger partial charge on any atom is -0.480 e. The molecule has 0 spiro atoms. The Bertz CT molecular complexity index is 856. The molecular formula is C54H108N2O4. The van der Waals surface area contributed by atoms with Gasteiger partial charge in [0.25, 0.3) is 6.47 Å². The van der Waals surface area contributed by atoms with Gasteiger partial charge in [0.2, 0.25) is 0 Å². The lowest BCUT2D eigenvalue weighted by Crippen LogP contribution is -2.48. The number of aliphatic carboxylic acids is 1. The average Bonchev–Trinajstić information content (AvgIpc) is 3.24. The van der Waals surface area contributed by atoms with E-state index < -0.39 is 12.0 Å². The van der Waals surface area contributed by atoms with Crippen LogP contribution in [0.25, 0.3) is 0 Å². The first kappa shape index (κ1) is 58.9. The molecule has 0 rings (SSSR count). The fourth-order valence-electron chi connectivity index (χ4n) is 9.18. The SMILES string of the molecule is CCCCCCCCCCCCC(OC=O)N(CCCCCCCCCCCC)CCN(CCCCCCCCCCCC)C(CCCCCCCCCCCC)C(=O)O. The molecule has 0 amide bonds. The van der Waals surface area contributed by atoms with Crippen LogP contribution in [0.1, 0.15) is 297 Å². The minimum absolute atomic E-state index is 0.223. The van der Waals surface area contributed by atoms with E-state index in [1.165, 1.54) is 225 Å². The van der Waals surface area contributed by atoms with Crippen LogP contribution in [0.4, 0.5) is 0 Å². The quantitative estimate of drug-likeness (QED) is 0.0373. The Morgan fingerprint density at radius 3 is 0.967 bits per heavy atom. The molecule has 0 aromatic carbocycles. The summed E-state index contributed by atoms with van der Waals surface area (Å²) in [4.78, 5) is 29.6. The van der Waals surface area contributed by atoms with E-state index in [0.717, 1.165) is 71.1 Å². The van der Waals surface area contributed by atoms with Crippen molar-refractivity contribution in [1.82, 2.24) is 9.80 Å². The average molecular weight is 849 g/mol. The monoisotopic (exact) mass is 849 g/mol. The van der Waals surface area contributed by atoms with Crippen LogP contribution >= 0.6 is 0 Å². The van der Waals surface area contributed by atoms with Crippen molar-refractivity contribution in [3.8, 4) is 0 Å². The lowest BCUT2D eigenvalue weighted by atomic mass is 10.0. The molecule has 0 saturated heterocycles. The maximum atomic E-state index is 13.0. The van der Waals surface area contributed by atoms with Crippen molar-refractivity contribution in [1.29, 1.82) is 0 Å². The highest BCUT2D eigenvalue weighted by Crippen LogP contribution is 2.20. The molecule has 0 aromatic heterocycles. The second-order valence-electron chi connectivity index (χ2n) is 18.9. The lowest BCUT2D eigenvalue weighted by molar-refractivity contribution is -0.145. The van der Waals surface area contributed by atoms with Gasteiger partial charge in [-0.3, -0.25) is 19.4 Å². The van der Waals surface area contributed by atoms with Crippen LogP contribution in [0.2, 0.25) is 0 Å². The van der Waals surface area contributed by atoms with Crippen molar-refractivity contribution in [2.24, 2.45) is 0 Å². The molecule has 0 saturated carbocycles. The van der Waals surface area contributed by atoms with E-state index in [0.29, 0.717) is 6.47 Å². The molecule has 358 valence electrons. The third kappa shape index (κ3) is 39.7. The summed E-state index contributed by atoms with van der Waals surface area (Å²) in [7, 11) is 0. The van der Waals surface area contributed by atoms with Crippen LogP contribution in [0, 0.1) is 0 Å². The summed E-state index contributed by atoms with van der Waals surface area (Å²) >= 11 is 0. The van der Waals surface area contributed by atoms with Crippen LogP contribution in [0.15, 0.2) is 0 Å². The van der Waals surface area contributed by atoms with Gasteiger partial charge < -0.3 is 9.84 Å². The van der Waals surface area contributed by atoms with Gasteiger partial charge in [-0.1, -0.05) is 265 Å². The molecule has 60 heavy (non-hydrogen) atoms. The minimum atomic E-state index is -0.662. The molecule has 1 N–H and O–H groups in total. The van der Waals surface area contributed by atoms with Gasteiger partial charge in [-0.25, -0.2) is 0 Å². The Balaban J connectivity index is 5.49. The third-order valence-corrected chi connectivity index (χ3v) is 13.3. The van der Waals surface area contributed by atoms with E-state index in [9.17, 15) is 14.7 Å². The fraction of sp³-hybridized carbons (Fsp3) is 0.963. The number of carboxylic acids is 1. The summed E-state index contributed by atoms with van der Waals surface area (Å²) in [6.07, 6.45) is 52.8. The summed E-state index contributed by atoms with van der Waals surface area (Å²) in [6.45, 7) is 13.0. The van der Waals surface area contributed by atoms with Gasteiger partial charge in [-0.2, -0.15) is 0 Å². The van der Waals surface area contributed by atoms with Crippen molar-refractivity contribution in [3.05, 3.63) is 0 Å². The van der Waals surface area contributed by atoms with E-state index in [4.69, 9.17) is 4.74 Å². The molecule has 6 heteroatoms. The molecule has 0 aromatic rings. The topological polar surface area (TPSA) is 70.1 Å². The molecule has 0 aliphatic heterocycles. The molecule has 0 fully saturated rings. The summed E-state index contributed by atoms with van der Waals surface area (Å²) in [5.41, 5.74) is 0. The van der Waals surface area contributed by atoms with E-state index in [2.05, 4.69) is 37.5 Å². The predicted octanol–water partition coefficient (Wildman–Crippen LogP) is 17.0. The number of unbranched alkanes of at least 4 members (excludes halogenated alkanes) is 36. The smallest absolute Gasteiger partial charge is 0.320 e. The molecule has 0 aliphatic rings. The fourth-order valence-corrected chi connectivity index (χ4v) is 9.18. The van der Waals surface area contributed by atoms with Crippen molar-refractivity contribution < 1.29 is 19.4 Å². The molecule has 0 bridgehead atoms. The molecular weight excluding hydrogens is 741 g/mol. The van der Waals surface area contributed by atoms with Gasteiger partial charge in [-0.15, -0.1) is 0 Å². The standard InChI is InChI=1S/C54H108N2O4/c1-5-9-13-17-21-25-29-33-37-41-45-52(54(58)59)55(47-43-39-35-31-27-23-19-15-11-7-3)49-50-56(48-44-40-36-32-28-24-20-16-12-8-4)53(60-51-57)46-42-38-34-30-26-22-18-14-10-6-2/h51-53H,5-50H2,1-4H3,(H,58,59). The van der Waals surface area contributed by atoms with E-state index in [1.54, 1.807) is 0 Å². The molecule has 2 atom stereocenters. The van der Waals surface area contributed by atoms with E-state index in [1.807, 2.05) is 0 Å². The van der Waals surface area contributed by atoms with Gasteiger partial charge in [-0.05, 0) is 38.6 Å². The first-order valence-electron chi connectivity index (χ1n) is 27.3. The maximum Gasteiger partial charge on any atom is 0.320 e. The lowest BCUT2D eigenvalue weighted by Gasteiger charge is -2.35. The Kier molecular flexibility index (Phi) is 48.0. The zero-order chi connectivity index (χ0) is 43.8. The number of hydrogen-bond acceptors (Lipinski definition) is 5. The van der Waals surface area contributed by atoms with Crippen LogP contribution in [-0.2, 0) is 14.3 Å². The zero-order valence-electron chi connectivity index (χ0n) is 41.3. The van der Waals surface area contributed by atoms with Gasteiger partial charge in [0.1, 0.15) is 6.04 Å². The third-order valence-electron chi connectivity index (χ3n) is 13.3. The van der Waals surface area contributed by atoms with E-state index in [-0.39, 0.29) is 6.23 Å². The van der Waals surface area contributed by atoms with Crippen molar-refractivity contribution in [3.63, 3.8) is 0 Å². The first-order valence-corrected chi connectivity index (χ1v) is 27.3. The molecule has 0 heterocycles.